The van der Waals surface area contributed by atoms with Gasteiger partial charge in [0.25, 0.3) is 11.8 Å². The van der Waals surface area contributed by atoms with Crippen LogP contribution in [0.4, 0.5) is 0 Å². The van der Waals surface area contributed by atoms with Gasteiger partial charge in [-0.2, -0.15) is 0 Å². The lowest BCUT2D eigenvalue weighted by Crippen LogP contribution is -2.48. The number of fused-ring (bicyclic) bond motifs is 2. The molecule has 0 saturated carbocycles. The van der Waals surface area contributed by atoms with E-state index in [-0.39, 0.29) is 28.1 Å². The van der Waals surface area contributed by atoms with Crippen molar-refractivity contribution in [3.63, 3.8) is 0 Å². The number of carbonyl (C=O) groups is 3. The molecule has 0 atom stereocenters. The molecule has 0 spiro atoms. The number of imide groups is 1. The van der Waals surface area contributed by atoms with Gasteiger partial charge >= 0.3 is 5.97 Å². The Morgan fingerprint density at radius 2 is 1.47 bits per heavy atom. The maximum atomic E-state index is 13.0. The molecule has 158 valence electrons. The fourth-order valence-corrected chi connectivity index (χ4v) is 3.69. The second kappa shape index (κ2) is 6.91. The molecular formula is C20H22N4O6. The molecule has 10 nitrogen and oxygen atoms in total. The minimum Gasteiger partial charge on any atom is -0.505 e. The number of amides is 2. The van der Waals surface area contributed by atoms with Crippen LogP contribution in [-0.4, -0.2) is 67.1 Å². The molecule has 2 N–H and O–H groups in total. The lowest BCUT2D eigenvalue weighted by molar-refractivity contribution is -0.205. The molecule has 3 heterocycles. The molecule has 10 heteroatoms. The number of carbonyl (C=O) groups excluding carboxylic acids is 3. The number of hydroxylamine groups is 2. The van der Waals surface area contributed by atoms with E-state index in [0.717, 1.165) is 4.90 Å². The largest absolute Gasteiger partial charge is 0.505 e. The van der Waals surface area contributed by atoms with Crippen molar-refractivity contribution in [3.8, 4) is 11.5 Å². The van der Waals surface area contributed by atoms with Crippen LogP contribution in [0.2, 0.25) is 0 Å². The normalized spacial score (nSPS) is 18.2. The molecule has 2 aliphatic heterocycles. The van der Waals surface area contributed by atoms with Crippen LogP contribution < -0.4 is 0 Å². The van der Waals surface area contributed by atoms with Crippen LogP contribution in [0.25, 0.3) is 11.0 Å². The first kappa shape index (κ1) is 20.0. The third-order valence-corrected chi connectivity index (χ3v) is 5.35. The van der Waals surface area contributed by atoms with Crippen molar-refractivity contribution in [2.75, 3.05) is 13.1 Å². The van der Waals surface area contributed by atoms with Gasteiger partial charge < -0.3 is 15.1 Å². The number of aromatic nitrogens is 2. The van der Waals surface area contributed by atoms with Gasteiger partial charge in [-0.15, -0.1) is 5.06 Å². The number of aromatic hydroxyl groups is 2. The summed E-state index contributed by atoms with van der Waals surface area (Å²) in [6.45, 7) is 5.97. The number of benzene rings is 1. The number of rotatable bonds is 2. The molecule has 2 aromatic rings. The van der Waals surface area contributed by atoms with Crippen molar-refractivity contribution in [1.29, 1.82) is 0 Å². The highest BCUT2D eigenvalue weighted by molar-refractivity contribution is 6.26. The molecule has 30 heavy (non-hydrogen) atoms. The summed E-state index contributed by atoms with van der Waals surface area (Å²) in [6, 6.07) is -0.454. The van der Waals surface area contributed by atoms with E-state index < -0.39 is 34.8 Å². The van der Waals surface area contributed by atoms with Crippen molar-refractivity contribution >= 4 is 28.8 Å². The summed E-state index contributed by atoms with van der Waals surface area (Å²) in [5.74, 6) is -2.66. The van der Waals surface area contributed by atoms with Crippen molar-refractivity contribution in [1.82, 2.24) is 19.9 Å². The highest BCUT2D eigenvalue weighted by atomic mass is 16.7. The Hall–Kier alpha value is -3.27. The van der Waals surface area contributed by atoms with Crippen LogP contribution in [0.5, 0.6) is 11.5 Å². The molecule has 0 radical (unpaired) electrons. The first-order valence-electron chi connectivity index (χ1n) is 9.65. The molecule has 1 aromatic carbocycles. The Bertz CT molecular complexity index is 1010. The Balaban J connectivity index is 1.57. The number of hydrogen-bond donors (Lipinski definition) is 2. The van der Waals surface area contributed by atoms with E-state index in [2.05, 4.69) is 9.97 Å². The van der Waals surface area contributed by atoms with Gasteiger partial charge in [0.05, 0.1) is 5.41 Å². The van der Waals surface area contributed by atoms with E-state index >= 15 is 0 Å². The van der Waals surface area contributed by atoms with E-state index in [0.29, 0.717) is 25.9 Å². The Labute approximate surface area is 172 Å². The lowest BCUT2D eigenvalue weighted by atomic mass is 9.98. The average molecular weight is 414 g/mol. The van der Waals surface area contributed by atoms with E-state index in [9.17, 15) is 24.6 Å². The quantitative estimate of drug-likeness (QED) is 0.555. The summed E-state index contributed by atoms with van der Waals surface area (Å²) in [7, 11) is 0. The van der Waals surface area contributed by atoms with Crippen molar-refractivity contribution in [3.05, 3.63) is 23.5 Å². The van der Waals surface area contributed by atoms with Gasteiger partial charge in [0.1, 0.15) is 22.2 Å². The maximum absolute atomic E-state index is 13.0. The number of phenolic OH excluding ortho intramolecular Hbond substituents is 2. The van der Waals surface area contributed by atoms with E-state index in [4.69, 9.17) is 4.84 Å². The number of phenols is 2. The molecule has 1 fully saturated rings. The van der Waals surface area contributed by atoms with Gasteiger partial charge in [-0.25, -0.2) is 14.8 Å². The summed E-state index contributed by atoms with van der Waals surface area (Å²) in [4.78, 5) is 52.4. The number of hydrogen-bond acceptors (Lipinski definition) is 9. The van der Waals surface area contributed by atoms with Crippen LogP contribution in [-0.2, 0) is 9.63 Å². The van der Waals surface area contributed by atoms with Crippen molar-refractivity contribution in [2.45, 2.75) is 39.7 Å². The molecule has 2 aliphatic rings. The molecule has 0 aliphatic carbocycles. The Morgan fingerprint density at radius 1 is 1.00 bits per heavy atom. The summed E-state index contributed by atoms with van der Waals surface area (Å²) in [5.41, 5.74) is -1.24. The minimum atomic E-state index is -0.680. The van der Waals surface area contributed by atoms with Gasteiger partial charge in [0.2, 0.25) is 0 Å². The van der Waals surface area contributed by atoms with E-state index in [1.807, 2.05) is 0 Å². The van der Waals surface area contributed by atoms with Crippen LogP contribution >= 0.6 is 0 Å². The number of piperidine rings is 1. The summed E-state index contributed by atoms with van der Waals surface area (Å²) < 4.78 is 0. The highest BCUT2D eigenvalue weighted by Crippen LogP contribution is 2.43. The van der Waals surface area contributed by atoms with Crippen molar-refractivity contribution < 1.29 is 29.4 Å². The lowest BCUT2D eigenvalue weighted by Gasteiger charge is -2.35. The molecule has 1 saturated heterocycles. The van der Waals surface area contributed by atoms with E-state index in [1.165, 1.54) is 17.5 Å². The summed E-state index contributed by atoms with van der Waals surface area (Å²) in [5, 5.41) is 22.6. The molecule has 0 unspecified atom stereocenters. The molecule has 4 rings (SSSR count). The zero-order valence-electron chi connectivity index (χ0n) is 16.9. The minimum absolute atomic E-state index is 0.0411. The van der Waals surface area contributed by atoms with Gasteiger partial charge in [-0.3, -0.25) is 14.5 Å². The van der Waals surface area contributed by atoms with E-state index in [1.54, 1.807) is 20.8 Å². The molecule has 2 amide bonds. The fraction of sp³-hybridized carbons (Fsp3) is 0.450. The summed E-state index contributed by atoms with van der Waals surface area (Å²) in [6.07, 6.45) is 3.42. The molecular weight excluding hydrogens is 392 g/mol. The van der Waals surface area contributed by atoms with Gasteiger partial charge in [-0.1, -0.05) is 0 Å². The summed E-state index contributed by atoms with van der Waals surface area (Å²) >= 11 is 0. The zero-order valence-corrected chi connectivity index (χ0v) is 16.9. The molecule has 1 aromatic heterocycles. The third-order valence-electron chi connectivity index (χ3n) is 5.35. The van der Waals surface area contributed by atoms with Crippen LogP contribution in [0.1, 0.15) is 54.3 Å². The highest BCUT2D eigenvalue weighted by Gasteiger charge is 2.46. The van der Waals surface area contributed by atoms with Gasteiger partial charge in [0.15, 0.2) is 11.5 Å². The average Bonchev–Trinajstić information content (AvgIpc) is 2.97. The zero-order chi connectivity index (χ0) is 21.8. The second-order valence-corrected chi connectivity index (χ2v) is 8.47. The standard InChI is InChI=1S/C20H22N4O6/c1-20(2,3)19(29)30-23-8-4-10(5-9-23)24-17(27)11-12(18(24)28)16(26)14-13(15(11)25)21-6-7-22-14/h6-7,10,25-26H,4-5,8-9H2,1-3H3. The third kappa shape index (κ3) is 3.04. The molecule has 0 bridgehead atoms. The van der Waals surface area contributed by atoms with Crippen LogP contribution in [0, 0.1) is 5.41 Å². The van der Waals surface area contributed by atoms with Gasteiger partial charge in [-0.05, 0) is 33.6 Å². The first-order chi connectivity index (χ1) is 14.1. The topological polar surface area (TPSA) is 133 Å². The second-order valence-electron chi connectivity index (χ2n) is 8.47. The maximum Gasteiger partial charge on any atom is 0.330 e. The fourth-order valence-electron chi connectivity index (χ4n) is 3.69. The predicted molar refractivity (Wildman–Crippen MR) is 104 cm³/mol. The van der Waals surface area contributed by atoms with Gasteiger partial charge in [0, 0.05) is 31.5 Å². The smallest absolute Gasteiger partial charge is 0.330 e. The first-order valence-corrected chi connectivity index (χ1v) is 9.65. The predicted octanol–water partition coefficient (Wildman–Crippen LogP) is 1.61. The van der Waals surface area contributed by atoms with Crippen molar-refractivity contribution in [2.24, 2.45) is 5.41 Å². The van der Waals surface area contributed by atoms with Crippen LogP contribution in [0.3, 0.4) is 0 Å². The Morgan fingerprint density at radius 3 is 1.90 bits per heavy atom. The van der Waals surface area contributed by atoms with Crippen LogP contribution in [0.15, 0.2) is 12.4 Å². The monoisotopic (exact) mass is 414 g/mol. The SMILES string of the molecule is CC(C)(C)C(=O)ON1CCC(N2C(=O)c3c(c(O)c4nccnc4c3O)C2=O)CC1. The Kier molecular flexibility index (Phi) is 4.61. The number of nitrogens with zero attached hydrogens (tertiary/aromatic N) is 4.